The molecule has 150 valence electrons. The van der Waals surface area contributed by atoms with Gasteiger partial charge in [-0.2, -0.15) is 0 Å². The minimum atomic E-state index is -0.498. The molecule has 0 spiro atoms. The lowest BCUT2D eigenvalue weighted by atomic mass is 10.3. The second kappa shape index (κ2) is 9.88. The van der Waals surface area contributed by atoms with Gasteiger partial charge in [-0.3, -0.25) is 14.4 Å². The Kier molecular flexibility index (Phi) is 7.56. The van der Waals surface area contributed by atoms with Crippen molar-refractivity contribution in [3.05, 3.63) is 41.9 Å². The van der Waals surface area contributed by atoms with Crippen molar-refractivity contribution in [1.29, 1.82) is 0 Å². The van der Waals surface area contributed by atoms with Gasteiger partial charge in [0.05, 0.1) is 17.5 Å². The van der Waals surface area contributed by atoms with E-state index in [0.717, 1.165) is 11.8 Å². The van der Waals surface area contributed by atoms with Gasteiger partial charge in [-0.25, -0.2) is 4.39 Å². The number of carbonyl (C=O) groups excluding carboxylic acids is 3. The van der Waals surface area contributed by atoms with E-state index in [9.17, 15) is 18.8 Å². The van der Waals surface area contributed by atoms with Crippen molar-refractivity contribution < 1.29 is 23.3 Å². The van der Waals surface area contributed by atoms with Crippen LogP contribution in [0, 0.1) is 12.7 Å². The number of aryl methyl sites for hydroxylation is 1. The number of aromatic nitrogens is 1. The molecule has 0 aliphatic rings. The summed E-state index contributed by atoms with van der Waals surface area (Å²) < 4.78 is 17.7. The molecule has 0 saturated heterocycles. The number of nitrogens with one attached hydrogen (secondary N) is 2. The number of thioether (sulfide) groups is 1. The number of amides is 3. The Labute approximate surface area is 165 Å². The Morgan fingerprint density at radius 2 is 1.93 bits per heavy atom. The van der Waals surface area contributed by atoms with Crippen LogP contribution in [0.25, 0.3) is 0 Å². The van der Waals surface area contributed by atoms with Crippen molar-refractivity contribution in [1.82, 2.24) is 10.1 Å². The summed E-state index contributed by atoms with van der Waals surface area (Å²) in [6.45, 7) is 3.22. The van der Waals surface area contributed by atoms with Gasteiger partial charge in [-0.15, -0.1) is 11.8 Å². The van der Waals surface area contributed by atoms with E-state index in [0.29, 0.717) is 17.3 Å². The third-order valence-electron chi connectivity index (χ3n) is 3.64. The van der Waals surface area contributed by atoms with Crippen LogP contribution in [0.2, 0.25) is 0 Å². The molecular weight excluding hydrogens is 387 g/mol. The van der Waals surface area contributed by atoms with E-state index in [1.54, 1.807) is 19.9 Å². The number of likely N-dealkylation sites (N-methyl/N-ethyl adjacent to an activating group) is 1. The molecule has 2 rings (SSSR count). The van der Waals surface area contributed by atoms with Crippen LogP contribution in [-0.4, -0.2) is 52.4 Å². The summed E-state index contributed by atoms with van der Waals surface area (Å²) >= 11 is 1.14. The summed E-state index contributed by atoms with van der Waals surface area (Å²) in [5.41, 5.74) is 0.440. The molecule has 2 N–H and O–H groups in total. The number of carbonyl (C=O) groups is 3. The number of hydrogen-bond donors (Lipinski definition) is 2. The Morgan fingerprint density at radius 1 is 1.25 bits per heavy atom. The van der Waals surface area contributed by atoms with Gasteiger partial charge in [0, 0.05) is 18.8 Å². The first-order chi connectivity index (χ1) is 13.2. The largest absolute Gasteiger partial charge is 0.360 e. The molecule has 0 aliphatic carbocycles. The van der Waals surface area contributed by atoms with Gasteiger partial charge in [0.1, 0.15) is 11.6 Å². The summed E-state index contributed by atoms with van der Waals surface area (Å²) in [4.78, 5) is 37.5. The number of benzene rings is 1. The molecule has 1 aromatic heterocycles. The van der Waals surface area contributed by atoms with Gasteiger partial charge in [0.15, 0.2) is 5.82 Å². The molecule has 1 aromatic carbocycles. The lowest BCUT2D eigenvalue weighted by Crippen LogP contribution is -2.36. The van der Waals surface area contributed by atoms with E-state index in [2.05, 4.69) is 15.8 Å². The number of anilines is 2. The van der Waals surface area contributed by atoms with Gasteiger partial charge in [0.2, 0.25) is 17.7 Å². The number of hydrogen-bond acceptors (Lipinski definition) is 6. The van der Waals surface area contributed by atoms with Crippen LogP contribution in [0.1, 0.15) is 12.7 Å². The van der Waals surface area contributed by atoms with Crippen molar-refractivity contribution in [3.8, 4) is 0 Å². The van der Waals surface area contributed by atoms with Crippen LogP contribution in [0.3, 0.4) is 0 Å². The first kappa shape index (κ1) is 21.4. The monoisotopic (exact) mass is 408 g/mol. The highest BCUT2D eigenvalue weighted by molar-refractivity contribution is 8.01. The highest BCUT2D eigenvalue weighted by Crippen LogP contribution is 2.15. The predicted octanol–water partition coefficient (Wildman–Crippen LogP) is 2.28. The lowest BCUT2D eigenvalue weighted by Gasteiger charge is -2.18. The van der Waals surface area contributed by atoms with Gasteiger partial charge in [-0.1, -0.05) is 5.16 Å². The molecule has 2 aromatic rings. The fraction of sp³-hybridized carbons (Fsp3) is 0.333. The zero-order chi connectivity index (χ0) is 20.7. The average Bonchev–Trinajstić information content (AvgIpc) is 3.05. The maximum Gasteiger partial charge on any atom is 0.243 e. The van der Waals surface area contributed by atoms with Crippen LogP contribution in [0.5, 0.6) is 0 Å². The van der Waals surface area contributed by atoms with Gasteiger partial charge < -0.3 is 20.1 Å². The molecule has 3 amide bonds. The number of nitrogens with zero attached hydrogens (tertiary/aromatic N) is 2. The molecule has 10 heteroatoms. The van der Waals surface area contributed by atoms with Crippen LogP contribution >= 0.6 is 11.8 Å². The van der Waals surface area contributed by atoms with Crippen molar-refractivity contribution in [2.75, 3.05) is 30.0 Å². The van der Waals surface area contributed by atoms with Gasteiger partial charge in [0.25, 0.3) is 0 Å². The van der Waals surface area contributed by atoms with E-state index in [1.807, 2.05) is 0 Å². The van der Waals surface area contributed by atoms with Crippen molar-refractivity contribution in [2.24, 2.45) is 0 Å². The van der Waals surface area contributed by atoms with Gasteiger partial charge in [-0.05, 0) is 38.1 Å². The molecule has 28 heavy (non-hydrogen) atoms. The predicted molar refractivity (Wildman–Crippen MR) is 104 cm³/mol. The highest BCUT2D eigenvalue weighted by Gasteiger charge is 2.19. The maximum atomic E-state index is 12.9. The average molecular weight is 408 g/mol. The maximum absolute atomic E-state index is 12.9. The molecular formula is C18H21FN4O4S. The standard InChI is InChI=1S/C18H21FN4O4S/c1-11-8-15(22-27-11)21-18(26)12(2)28-10-17(25)23(3)9-16(24)20-14-6-4-13(19)5-7-14/h4-8,12H,9-10H2,1-3H3,(H,20,24)(H,21,22,26)/t12-/m0/s1. The van der Waals surface area contributed by atoms with Crippen molar-refractivity contribution in [2.45, 2.75) is 19.1 Å². The minimum Gasteiger partial charge on any atom is -0.360 e. The Morgan fingerprint density at radius 3 is 2.54 bits per heavy atom. The number of rotatable bonds is 8. The zero-order valence-electron chi connectivity index (χ0n) is 15.7. The summed E-state index contributed by atoms with van der Waals surface area (Å²) in [6.07, 6.45) is 0. The third kappa shape index (κ3) is 6.69. The molecule has 1 heterocycles. The Balaban J connectivity index is 1.74. The Hall–Kier alpha value is -2.88. The van der Waals surface area contributed by atoms with Crippen LogP contribution in [-0.2, 0) is 14.4 Å². The van der Waals surface area contributed by atoms with Crippen LogP contribution in [0.4, 0.5) is 15.9 Å². The normalized spacial score (nSPS) is 11.6. The summed E-state index contributed by atoms with van der Waals surface area (Å²) in [6, 6.07) is 6.92. The molecule has 0 aliphatic heterocycles. The molecule has 1 atom stereocenters. The summed E-state index contributed by atoms with van der Waals surface area (Å²) in [7, 11) is 1.50. The van der Waals surface area contributed by atoms with E-state index >= 15 is 0 Å². The van der Waals surface area contributed by atoms with Crippen molar-refractivity contribution in [3.63, 3.8) is 0 Å². The SMILES string of the molecule is Cc1cc(NC(=O)[C@H](C)SCC(=O)N(C)CC(=O)Nc2ccc(F)cc2)no1. The first-order valence-corrected chi connectivity index (χ1v) is 9.44. The molecule has 0 bridgehead atoms. The van der Waals surface area contributed by atoms with Crippen molar-refractivity contribution >= 4 is 41.0 Å². The molecule has 0 unspecified atom stereocenters. The molecule has 0 saturated carbocycles. The topological polar surface area (TPSA) is 105 Å². The highest BCUT2D eigenvalue weighted by atomic mass is 32.2. The van der Waals surface area contributed by atoms with Crippen LogP contribution in [0.15, 0.2) is 34.9 Å². The van der Waals surface area contributed by atoms with Crippen LogP contribution < -0.4 is 10.6 Å². The van der Waals surface area contributed by atoms with Gasteiger partial charge >= 0.3 is 0 Å². The number of halogens is 1. The smallest absolute Gasteiger partial charge is 0.243 e. The summed E-state index contributed by atoms with van der Waals surface area (Å²) in [5, 5.41) is 8.36. The molecule has 0 radical (unpaired) electrons. The Bertz CT molecular complexity index is 840. The van der Waals surface area contributed by atoms with E-state index in [4.69, 9.17) is 4.52 Å². The van der Waals surface area contributed by atoms with E-state index in [1.165, 1.54) is 36.2 Å². The lowest BCUT2D eigenvalue weighted by molar-refractivity contribution is -0.131. The first-order valence-electron chi connectivity index (χ1n) is 8.39. The molecule has 8 nitrogen and oxygen atoms in total. The summed E-state index contributed by atoms with van der Waals surface area (Å²) in [5.74, 6) is -0.479. The second-order valence-electron chi connectivity index (χ2n) is 6.07. The molecule has 0 fully saturated rings. The van der Waals surface area contributed by atoms with E-state index < -0.39 is 17.0 Å². The fourth-order valence-electron chi connectivity index (χ4n) is 2.07. The second-order valence-corrected chi connectivity index (χ2v) is 7.40. The third-order valence-corrected chi connectivity index (χ3v) is 4.77. The minimum absolute atomic E-state index is 0.0345. The quantitative estimate of drug-likeness (QED) is 0.694. The van der Waals surface area contributed by atoms with E-state index in [-0.39, 0.29) is 24.1 Å². The zero-order valence-corrected chi connectivity index (χ0v) is 16.5. The fourth-order valence-corrected chi connectivity index (χ4v) is 2.90.